The Bertz CT molecular complexity index is 3930. The number of carbonyl (C=O) groups excluding carboxylic acids is 5. The normalized spacial score (nSPS) is 11.0. The summed E-state index contributed by atoms with van der Waals surface area (Å²) in [6.45, 7) is 9.47. The SMILES string of the molecule is CC(C)(C)NC(=O)OCCOCCOCCOCCNC(=O)c1ccc(C(=O)NCCN(CCNC(=O)c2cccc(OCc3ccccc3)c2OCc2ccccc2)CCNC(=O)c2cccc(OCc3ccccc3)c2OCc2ccccc2)c(OCc2ccccc2)c1OCc1ccccc1. The minimum atomic E-state index is -0.516. The van der Waals surface area contributed by atoms with Crippen LogP contribution in [-0.4, -0.2) is 132 Å². The molecule has 0 aromatic heterocycles. The van der Waals surface area contributed by atoms with Crippen LogP contribution in [0.5, 0.6) is 34.5 Å². The van der Waals surface area contributed by atoms with Crippen molar-refractivity contribution in [2.45, 2.75) is 66.0 Å². The summed E-state index contributed by atoms with van der Waals surface area (Å²) in [6.07, 6.45) is -0.510. The zero-order valence-corrected chi connectivity index (χ0v) is 59.2. The summed E-state index contributed by atoms with van der Waals surface area (Å²) in [5.41, 5.74) is 5.68. The summed E-state index contributed by atoms with van der Waals surface area (Å²) in [4.78, 5) is 71.8. The standard InChI is InChI=1S/C83H92N6O15/c1-83(2,3)88-82(94)98-55-54-97-53-52-96-51-50-95-49-45-87-81(93)71-41-40-70(76(103-60-66-32-18-8-19-33-66)77(71)104-61-67-34-20-9-21-35-67)80(92)86-44-48-89(46-42-84-78(90)68-36-22-38-72(99-56-62-24-10-4-11-25-62)74(68)101-58-64-28-14-6-15-29-64)47-43-85-79(91)69-37-23-39-73(100-57-63-26-12-5-13-27-63)75(69)102-59-65-30-16-7-17-31-65/h4-41H,42-61H2,1-3H3,(H,84,90)(H,85,91)(H,86,92)(H,87,93)(H,88,94). The second-order valence-electron chi connectivity index (χ2n) is 24.9. The predicted molar refractivity (Wildman–Crippen MR) is 396 cm³/mol. The quantitative estimate of drug-likeness (QED) is 0.0223. The molecule has 0 radical (unpaired) electrons. The lowest BCUT2D eigenvalue weighted by Gasteiger charge is -2.24. The maximum Gasteiger partial charge on any atom is 0.407 e. The van der Waals surface area contributed by atoms with Crippen molar-refractivity contribution in [3.63, 3.8) is 0 Å². The van der Waals surface area contributed by atoms with Crippen LogP contribution >= 0.6 is 0 Å². The number of rotatable bonds is 43. The summed E-state index contributed by atoms with van der Waals surface area (Å²) in [5.74, 6) is -0.323. The number of hydrogen-bond donors (Lipinski definition) is 5. The number of amides is 5. The van der Waals surface area contributed by atoms with Crippen molar-refractivity contribution in [2.75, 3.05) is 92.1 Å². The van der Waals surface area contributed by atoms with Crippen LogP contribution in [0.1, 0.15) is 95.6 Å². The van der Waals surface area contributed by atoms with Crippen LogP contribution in [0, 0.1) is 0 Å². The molecule has 0 aliphatic rings. The lowest BCUT2D eigenvalue weighted by Crippen LogP contribution is -2.43. The fourth-order valence-corrected chi connectivity index (χ4v) is 10.5. The highest BCUT2D eigenvalue weighted by Gasteiger charge is 2.27. The molecule has 0 atom stereocenters. The molecule has 104 heavy (non-hydrogen) atoms. The first kappa shape index (κ1) is 76.9. The van der Waals surface area contributed by atoms with E-state index in [4.69, 9.17) is 47.4 Å². The van der Waals surface area contributed by atoms with Crippen LogP contribution in [0.2, 0.25) is 0 Å². The molecule has 0 unspecified atom stereocenters. The third kappa shape index (κ3) is 26.3. The minimum absolute atomic E-state index is 0.0310. The Balaban J connectivity index is 0.897. The molecule has 9 rings (SSSR count). The maximum absolute atomic E-state index is 14.8. The third-order valence-electron chi connectivity index (χ3n) is 15.8. The molecule has 0 saturated carbocycles. The van der Waals surface area contributed by atoms with Gasteiger partial charge in [-0.05, 0) is 90.6 Å². The van der Waals surface area contributed by atoms with Crippen LogP contribution in [0.3, 0.4) is 0 Å². The van der Waals surface area contributed by atoms with Crippen molar-refractivity contribution in [3.8, 4) is 34.5 Å². The molecule has 5 amide bonds. The first-order chi connectivity index (χ1) is 50.8. The van der Waals surface area contributed by atoms with E-state index in [0.717, 1.165) is 33.4 Å². The van der Waals surface area contributed by atoms with Gasteiger partial charge in [-0.3, -0.25) is 24.1 Å². The van der Waals surface area contributed by atoms with E-state index in [0.29, 0.717) is 24.7 Å². The minimum Gasteiger partial charge on any atom is -0.485 e. The number of carbonyl (C=O) groups is 5. The lowest BCUT2D eigenvalue weighted by molar-refractivity contribution is 0.00586. The van der Waals surface area contributed by atoms with Crippen molar-refractivity contribution in [2.24, 2.45) is 0 Å². The number of alkyl carbamates (subject to hydrolysis) is 1. The Hall–Kier alpha value is -11.2. The van der Waals surface area contributed by atoms with Gasteiger partial charge in [0.25, 0.3) is 23.6 Å². The monoisotopic (exact) mass is 1410 g/mol. The van der Waals surface area contributed by atoms with Crippen LogP contribution < -0.4 is 55.0 Å². The fourth-order valence-electron chi connectivity index (χ4n) is 10.5. The molecule has 544 valence electrons. The van der Waals surface area contributed by atoms with Gasteiger partial charge in [-0.1, -0.05) is 194 Å². The average Bonchev–Trinajstić information content (AvgIpc) is 0.701. The molecule has 21 heteroatoms. The topological polar surface area (TPSA) is 241 Å². The van der Waals surface area contributed by atoms with E-state index in [2.05, 4.69) is 26.6 Å². The highest BCUT2D eigenvalue weighted by atomic mass is 16.6. The van der Waals surface area contributed by atoms with Gasteiger partial charge in [0.05, 0.1) is 61.9 Å². The van der Waals surface area contributed by atoms with Crippen LogP contribution in [-0.2, 0) is 58.6 Å². The van der Waals surface area contributed by atoms with E-state index < -0.39 is 35.3 Å². The summed E-state index contributed by atoms with van der Waals surface area (Å²) in [5, 5.41) is 14.9. The molecule has 0 heterocycles. The van der Waals surface area contributed by atoms with Crippen LogP contribution in [0.25, 0.3) is 0 Å². The highest BCUT2D eigenvalue weighted by molar-refractivity contribution is 6.03. The van der Waals surface area contributed by atoms with E-state index in [1.54, 1.807) is 36.4 Å². The van der Waals surface area contributed by atoms with Crippen molar-refractivity contribution in [1.82, 2.24) is 31.5 Å². The molecular weight excluding hydrogens is 1320 g/mol. The number of benzene rings is 9. The van der Waals surface area contributed by atoms with Gasteiger partial charge >= 0.3 is 6.09 Å². The molecule has 0 bridgehead atoms. The average molecular weight is 1410 g/mol. The molecule has 0 spiro atoms. The second kappa shape index (κ2) is 42.3. The summed E-state index contributed by atoms with van der Waals surface area (Å²) >= 11 is 0. The molecule has 0 aliphatic heterocycles. The Labute approximate surface area is 608 Å². The fraction of sp³-hybridized carbons (Fsp3) is 0.289. The molecular formula is C83H92N6O15. The molecule has 21 nitrogen and oxygen atoms in total. The summed E-state index contributed by atoms with van der Waals surface area (Å²) < 4.78 is 60.6. The molecule has 5 N–H and O–H groups in total. The Morgan fingerprint density at radius 2 is 0.577 bits per heavy atom. The van der Waals surface area contributed by atoms with Gasteiger partial charge in [0.1, 0.15) is 46.2 Å². The highest BCUT2D eigenvalue weighted by Crippen LogP contribution is 2.38. The molecule has 0 aliphatic carbocycles. The maximum atomic E-state index is 14.8. The Kier molecular flexibility index (Phi) is 31.3. The number of nitrogens with zero attached hydrogens (tertiary/aromatic N) is 1. The van der Waals surface area contributed by atoms with Gasteiger partial charge < -0.3 is 74.0 Å². The zero-order chi connectivity index (χ0) is 72.8. The van der Waals surface area contributed by atoms with E-state index in [-0.39, 0.29) is 164 Å². The number of ether oxygens (including phenoxy) is 10. The number of nitrogens with one attached hydrogen (secondary N) is 5. The van der Waals surface area contributed by atoms with E-state index >= 15 is 0 Å². The number of para-hydroxylation sites is 2. The second-order valence-corrected chi connectivity index (χ2v) is 24.9. The Morgan fingerprint density at radius 1 is 0.298 bits per heavy atom. The van der Waals surface area contributed by atoms with E-state index in [1.807, 2.05) is 208 Å². The summed E-state index contributed by atoms with van der Waals surface area (Å²) in [7, 11) is 0. The molecule has 9 aromatic rings. The smallest absolute Gasteiger partial charge is 0.407 e. The van der Waals surface area contributed by atoms with Gasteiger partial charge in [-0.25, -0.2) is 4.79 Å². The van der Waals surface area contributed by atoms with Gasteiger partial charge in [0.15, 0.2) is 34.5 Å². The largest absolute Gasteiger partial charge is 0.485 e. The lowest BCUT2D eigenvalue weighted by atomic mass is 10.1. The Morgan fingerprint density at radius 3 is 0.904 bits per heavy atom. The molecule has 9 aromatic carbocycles. The third-order valence-corrected chi connectivity index (χ3v) is 15.8. The van der Waals surface area contributed by atoms with Crippen molar-refractivity contribution < 1.29 is 71.3 Å². The van der Waals surface area contributed by atoms with Gasteiger partial charge in [-0.15, -0.1) is 0 Å². The molecule has 0 saturated heterocycles. The van der Waals surface area contributed by atoms with Gasteiger partial charge in [0.2, 0.25) is 0 Å². The van der Waals surface area contributed by atoms with Crippen LogP contribution in [0.4, 0.5) is 4.79 Å². The summed E-state index contributed by atoms with van der Waals surface area (Å²) in [6, 6.07) is 71.1. The van der Waals surface area contributed by atoms with E-state index in [1.165, 1.54) is 12.1 Å². The van der Waals surface area contributed by atoms with E-state index in [9.17, 15) is 24.0 Å². The first-order valence-corrected chi connectivity index (χ1v) is 34.8. The van der Waals surface area contributed by atoms with Crippen molar-refractivity contribution >= 4 is 29.7 Å². The van der Waals surface area contributed by atoms with Crippen molar-refractivity contribution in [3.05, 3.63) is 286 Å². The zero-order valence-electron chi connectivity index (χ0n) is 59.2. The van der Waals surface area contributed by atoms with Gasteiger partial charge in [0, 0.05) is 51.4 Å². The predicted octanol–water partition coefficient (Wildman–Crippen LogP) is 12.4. The first-order valence-electron chi connectivity index (χ1n) is 34.8. The number of hydrogen-bond acceptors (Lipinski definition) is 16. The van der Waals surface area contributed by atoms with Crippen molar-refractivity contribution in [1.29, 1.82) is 0 Å². The van der Waals surface area contributed by atoms with Gasteiger partial charge in [-0.2, -0.15) is 0 Å². The molecule has 0 fully saturated rings. The van der Waals surface area contributed by atoms with Crippen LogP contribution in [0.15, 0.2) is 231 Å².